The van der Waals surface area contributed by atoms with Crippen LogP contribution < -0.4 is 5.32 Å². The van der Waals surface area contributed by atoms with E-state index >= 15 is 0 Å². The predicted molar refractivity (Wildman–Crippen MR) is 133 cm³/mol. The first-order valence-corrected chi connectivity index (χ1v) is 12.0. The Morgan fingerprint density at radius 3 is 2.42 bits per heavy atom. The van der Waals surface area contributed by atoms with Crippen LogP contribution in [-0.2, 0) is 18.0 Å². The number of hydrogen-bond donors (Lipinski definition) is 1. The second-order valence-corrected chi connectivity index (χ2v) is 9.56. The van der Waals surface area contributed by atoms with Crippen molar-refractivity contribution in [3.63, 3.8) is 0 Å². The number of amides is 1. The average molecular weight is 495 g/mol. The minimum atomic E-state index is -4.64. The maximum atomic E-state index is 14.2. The quantitative estimate of drug-likeness (QED) is 0.287. The summed E-state index contributed by atoms with van der Waals surface area (Å²) in [6.45, 7) is 0. The molecule has 1 aliphatic carbocycles. The molecular weight excluding hydrogens is 468 g/mol. The smallest absolute Gasteiger partial charge is 0.351 e. The Balaban J connectivity index is 1.26. The zero-order chi connectivity index (χ0) is 25.4. The molecule has 3 nitrogen and oxygen atoms in total. The van der Waals surface area contributed by atoms with Gasteiger partial charge in [-0.2, -0.15) is 13.2 Å². The molecular formula is C29H26F4N2O. The molecule has 0 radical (unpaired) electrons. The molecule has 1 saturated carbocycles. The number of carbonyl (C=O) groups excluding carboxylic acids is 1. The fourth-order valence-corrected chi connectivity index (χ4v) is 5.17. The molecule has 3 aromatic carbocycles. The van der Waals surface area contributed by atoms with Crippen LogP contribution in [0.15, 0.2) is 72.9 Å². The summed E-state index contributed by atoms with van der Waals surface area (Å²) in [5.74, 6) is -1.58. The van der Waals surface area contributed by atoms with E-state index in [1.54, 1.807) is 0 Å². The summed E-state index contributed by atoms with van der Waals surface area (Å²) < 4.78 is 54.6. The maximum Gasteiger partial charge on any atom is 0.416 e. The molecule has 1 aliphatic rings. The van der Waals surface area contributed by atoms with Gasteiger partial charge in [0.15, 0.2) is 0 Å². The largest absolute Gasteiger partial charge is 0.416 e. The van der Waals surface area contributed by atoms with Crippen LogP contribution in [0.1, 0.15) is 42.7 Å². The van der Waals surface area contributed by atoms with Crippen molar-refractivity contribution in [1.29, 1.82) is 0 Å². The fraction of sp³-hybridized carbons (Fsp3) is 0.276. The molecule has 7 heteroatoms. The summed E-state index contributed by atoms with van der Waals surface area (Å²) >= 11 is 0. The Bertz CT molecular complexity index is 1410. The van der Waals surface area contributed by atoms with Crippen LogP contribution >= 0.6 is 0 Å². The number of benzene rings is 3. The summed E-state index contributed by atoms with van der Waals surface area (Å²) in [5, 5.41) is 3.68. The van der Waals surface area contributed by atoms with Crippen LogP contribution in [0, 0.1) is 11.7 Å². The monoisotopic (exact) mass is 494 g/mol. The molecule has 2 atom stereocenters. The zero-order valence-corrected chi connectivity index (χ0v) is 19.8. The molecule has 0 saturated heterocycles. The number of hydrogen-bond acceptors (Lipinski definition) is 1. The van der Waals surface area contributed by atoms with Crippen LogP contribution in [0.25, 0.3) is 22.0 Å². The minimum absolute atomic E-state index is 0.192. The molecule has 0 spiro atoms. The Labute approximate surface area is 206 Å². The highest BCUT2D eigenvalue weighted by molar-refractivity contribution is 5.92. The molecule has 1 heterocycles. The highest BCUT2D eigenvalue weighted by Crippen LogP contribution is 2.38. The zero-order valence-electron chi connectivity index (χ0n) is 19.8. The van der Waals surface area contributed by atoms with Gasteiger partial charge in [-0.1, -0.05) is 36.8 Å². The third-order valence-electron chi connectivity index (χ3n) is 7.20. The van der Waals surface area contributed by atoms with E-state index in [1.165, 1.54) is 10.9 Å². The molecule has 1 aromatic heterocycles. The number of nitrogens with one attached hydrogen (secondary N) is 1. The Morgan fingerprint density at radius 2 is 1.69 bits per heavy atom. The topological polar surface area (TPSA) is 34.0 Å². The molecule has 36 heavy (non-hydrogen) atoms. The number of anilines is 1. The first-order valence-electron chi connectivity index (χ1n) is 12.0. The molecule has 4 aromatic rings. The van der Waals surface area contributed by atoms with E-state index < -0.39 is 17.6 Å². The van der Waals surface area contributed by atoms with Gasteiger partial charge in [-0.25, -0.2) is 4.39 Å². The van der Waals surface area contributed by atoms with Gasteiger partial charge in [0.2, 0.25) is 5.91 Å². The van der Waals surface area contributed by atoms with E-state index in [0.29, 0.717) is 18.9 Å². The molecule has 2 unspecified atom stereocenters. The van der Waals surface area contributed by atoms with Gasteiger partial charge in [0.25, 0.3) is 0 Å². The van der Waals surface area contributed by atoms with Crippen LogP contribution in [0.5, 0.6) is 0 Å². The molecule has 0 aliphatic heterocycles. The first kappa shape index (κ1) is 24.1. The molecule has 186 valence electrons. The number of aromatic nitrogens is 1. The molecule has 1 amide bonds. The third-order valence-corrected chi connectivity index (χ3v) is 7.20. The predicted octanol–water partition coefficient (Wildman–Crippen LogP) is 7.92. The van der Waals surface area contributed by atoms with E-state index in [1.807, 2.05) is 13.2 Å². The third kappa shape index (κ3) is 4.87. The van der Waals surface area contributed by atoms with Crippen molar-refractivity contribution in [2.24, 2.45) is 13.0 Å². The molecule has 1 N–H and O–H groups in total. The second-order valence-electron chi connectivity index (χ2n) is 9.56. The van der Waals surface area contributed by atoms with Gasteiger partial charge >= 0.3 is 6.18 Å². The minimum Gasteiger partial charge on any atom is -0.351 e. The number of aryl methyl sites for hydroxylation is 1. The normalized spacial score (nSPS) is 18.4. The lowest BCUT2D eigenvalue weighted by molar-refractivity contribution is -0.137. The summed E-state index contributed by atoms with van der Waals surface area (Å²) in [6.07, 6.45) is 0.491. The van der Waals surface area contributed by atoms with Gasteiger partial charge in [-0.3, -0.25) is 4.79 Å². The van der Waals surface area contributed by atoms with Gasteiger partial charge in [0, 0.05) is 30.1 Å². The summed E-state index contributed by atoms with van der Waals surface area (Å²) in [5.41, 5.74) is 3.28. The van der Waals surface area contributed by atoms with Crippen LogP contribution in [0.2, 0.25) is 0 Å². The van der Waals surface area contributed by atoms with Crippen molar-refractivity contribution in [3.8, 4) is 11.1 Å². The maximum absolute atomic E-state index is 14.2. The first-order chi connectivity index (χ1) is 17.2. The lowest BCUT2D eigenvalue weighted by Gasteiger charge is -2.29. The van der Waals surface area contributed by atoms with Gasteiger partial charge in [0.1, 0.15) is 5.82 Å². The lowest BCUT2D eigenvalue weighted by atomic mass is 9.77. The highest BCUT2D eigenvalue weighted by atomic mass is 19.4. The van der Waals surface area contributed by atoms with Gasteiger partial charge in [0.05, 0.1) is 11.3 Å². The van der Waals surface area contributed by atoms with Crippen molar-refractivity contribution in [2.45, 2.75) is 37.8 Å². The molecule has 5 rings (SSSR count). The van der Waals surface area contributed by atoms with E-state index in [9.17, 15) is 22.4 Å². The molecule has 1 fully saturated rings. The number of carbonyl (C=O) groups is 1. The average Bonchev–Trinajstić information content (AvgIpc) is 3.24. The standard InChI is InChI=1S/C29H26F4N2O/c1-35-14-13-22-15-21(9-12-27(22)35)19-7-5-18(6-8-19)20-3-2-4-23(16-20)28(36)34-26-11-10-24(17-25(26)30)29(31,32)33/h5-15,17,20,23H,2-4,16H2,1H3,(H,34,36). The van der Waals surface area contributed by atoms with Crippen molar-refractivity contribution in [3.05, 3.63) is 89.9 Å². The Morgan fingerprint density at radius 1 is 0.944 bits per heavy atom. The van der Waals surface area contributed by atoms with E-state index in [2.05, 4.69) is 58.4 Å². The SMILES string of the molecule is Cn1ccc2cc(-c3ccc(C4CCCC(C(=O)Nc5ccc(C(F)(F)F)cc5F)C4)cc3)ccc21. The van der Waals surface area contributed by atoms with Crippen molar-refractivity contribution in [2.75, 3.05) is 5.32 Å². The number of fused-ring (bicyclic) bond motifs is 1. The Kier molecular flexibility index (Phi) is 6.33. The second kappa shape index (κ2) is 9.45. The van der Waals surface area contributed by atoms with Crippen molar-refractivity contribution >= 4 is 22.5 Å². The van der Waals surface area contributed by atoms with Crippen molar-refractivity contribution in [1.82, 2.24) is 4.57 Å². The van der Waals surface area contributed by atoms with Gasteiger partial charge < -0.3 is 9.88 Å². The van der Waals surface area contributed by atoms with E-state index in [-0.39, 0.29) is 23.4 Å². The summed E-state index contributed by atoms with van der Waals surface area (Å²) in [4.78, 5) is 12.8. The number of rotatable bonds is 4. The van der Waals surface area contributed by atoms with Crippen LogP contribution in [0.3, 0.4) is 0 Å². The highest BCUT2D eigenvalue weighted by Gasteiger charge is 2.32. The Hall–Kier alpha value is -3.61. The molecule has 0 bridgehead atoms. The number of halogens is 4. The van der Waals surface area contributed by atoms with Crippen molar-refractivity contribution < 1.29 is 22.4 Å². The summed E-state index contributed by atoms with van der Waals surface area (Å²) in [6, 6.07) is 19.1. The van der Waals surface area contributed by atoms with Gasteiger partial charge in [-0.05, 0) is 78.3 Å². The number of alkyl halides is 3. The van der Waals surface area contributed by atoms with Gasteiger partial charge in [-0.15, -0.1) is 0 Å². The summed E-state index contributed by atoms with van der Waals surface area (Å²) in [7, 11) is 2.02. The van der Waals surface area contributed by atoms with Crippen LogP contribution in [0.4, 0.5) is 23.2 Å². The fourth-order valence-electron chi connectivity index (χ4n) is 5.17. The lowest BCUT2D eigenvalue weighted by Crippen LogP contribution is -2.28. The van der Waals surface area contributed by atoms with E-state index in [4.69, 9.17) is 0 Å². The van der Waals surface area contributed by atoms with E-state index in [0.717, 1.165) is 41.7 Å². The van der Waals surface area contributed by atoms with Crippen LogP contribution in [-0.4, -0.2) is 10.5 Å². The number of nitrogens with zero attached hydrogens (tertiary/aromatic N) is 1.